The molecule has 170 valence electrons. The van der Waals surface area contributed by atoms with Crippen molar-refractivity contribution >= 4 is 50.5 Å². The molecule has 0 aliphatic heterocycles. The van der Waals surface area contributed by atoms with Crippen LogP contribution in [0.2, 0.25) is 0 Å². The van der Waals surface area contributed by atoms with Crippen LogP contribution in [-0.4, -0.2) is 27.6 Å². The third kappa shape index (κ3) is 4.96. The number of nitrogens with one attached hydrogen (secondary N) is 1. The molecule has 1 N–H and O–H groups in total. The predicted octanol–water partition coefficient (Wildman–Crippen LogP) is 3.34. The molecule has 0 spiro atoms. The first-order valence-corrected chi connectivity index (χ1v) is 12.0. The fourth-order valence-corrected chi connectivity index (χ4v) is 4.95. The largest absolute Gasteiger partial charge is 0.462 e. The Morgan fingerprint density at radius 2 is 1.79 bits per heavy atom. The van der Waals surface area contributed by atoms with Crippen LogP contribution in [0.4, 0.5) is 5.69 Å². The van der Waals surface area contributed by atoms with E-state index in [0.717, 1.165) is 4.88 Å². The second-order valence-electron chi connectivity index (χ2n) is 7.14. The highest BCUT2D eigenvalue weighted by molar-refractivity contribution is 7.17. The molecule has 1 aromatic carbocycles. The molecule has 0 unspecified atom stereocenters. The SMILES string of the molecule is CCOC(=O)c1ccc(NC(=O)Cn2c(=O)n(CCc3cccs3)c(=O)c3sccc32)cc1. The van der Waals surface area contributed by atoms with Crippen molar-refractivity contribution in [2.45, 2.75) is 26.4 Å². The number of aromatic nitrogens is 2. The van der Waals surface area contributed by atoms with E-state index in [1.54, 1.807) is 54.0 Å². The summed E-state index contributed by atoms with van der Waals surface area (Å²) >= 11 is 2.81. The van der Waals surface area contributed by atoms with Gasteiger partial charge >= 0.3 is 11.7 Å². The molecule has 0 saturated heterocycles. The van der Waals surface area contributed by atoms with E-state index < -0.39 is 17.6 Å². The molecule has 0 fully saturated rings. The number of benzene rings is 1. The molecule has 0 aliphatic carbocycles. The van der Waals surface area contributed by atoms with Crippen LogP contribution in [0.1, 0.15) is 22.2 Å². The number of hydrogen-bond acceptors (Lipinski definition) is 7. The fourth-order valence-electron chi connectivity index (χ4n) is 3.41. The van der Waals surface area contributed by atoms with Crippen LogP contribution in [0.5, 0.6) is 0 Å². The first-order chi connectivity index (χ1) is 16.0. The molecule has 0 radical (unpaired) electrons. The lowest BCUT2D eigenvalue weighted by atomic mass is 10.2. The summed E-state index contributed by atoms with van der Waals surface area (Å²) in [6, 6.07) is 11.9. The summed E-state index contributed by atoms with van der Waals surface area (Å²) in [4.78, 5) is 51.5. The first kappa shape index (κ1) is 22.7. The summed E-state index contributed by atoms with van der Waals surface area (Å²) in [5, 5.41) is 6.41. The molecule has 0 saturated carbocycles. The van der Waals surface area contributed by atoms with Crippen molar-refractivity contribution < 1.29 is 14.3 Å². The van der Waals surface area contributed by atoms with E-state index in [1.807, 2.05) is 17.5 Å². The van der Waals surface area contributed by atoms with Crippen molar-refractivity contribution in [3.63, 3.8) is 0 Å². The average Bonchev–Trinajstić information content (AvgIpc) is 3.50. The van der Waals surface area contributed by atoms with Crippen molar-refractivity contribution in [3.8, 4) is 0 Å². The van der Waals surface area contributed by atoms with Gasteiger partial charge in [-0.15, -0.1) is 22.7 Å². The normalized spacial score (nSPS) is 10.9. The third-order valence-corrected chi connectivity index (χ3v) is 6.81. The van der Waals surface area contributed by atoms with E-state index in [1.165, 1.54) is 20.5 Å². The molecule has 4 aromatic rings. The molecule has 0 aliphatic rings. The number of anilines is 1. The lowest BCUT2D eigenvalue weighted by molar-refractivity contribution is -0.116. The summed E-state index contributed by atoms with van der Waals surface area (Å²) in [6.45, 7) is 2.00. The predicted molar refractivity (Wildman–Crippen MR) is 129 cm³/mol. The number of thiophene rings is 2. The van der Waals surface area contributed by atoms with Gasteiger partial charge in [-0.3, -0.25) is 18.7 Å². The Kier molecular flexibility index (Phi) is 6.85. The number of amides is 1. The molecule has 8 nitrogen and oxygen atoms in total. The molecule has 3 aromatic heterocycles. The maximum atomic E-state index is 13.1. The number of carbonyl (C=O) groups excluding carboxylic acids is 2. The summed E-state index contributed by atoms with van der Waals surface area (Å²) in [7, 11) is 0. The van der Waals surface area contributed by atoms with Crippen LogP contribution in [-0.2, 0) is 29.0 Å². The van der Waals surface area contributed by atoms with Gasteiger partial charge in [-0.2, -0.15) is 0 Å². The topological polar surface area (TPSA) is 99.4 Å². The minimum atomic E-state index is -0.518. The Balaban J connectivity index is 1.56. The molecule has 3 heterocycles. The maximum absolute atomic E-state index is 13.1. The van der Waals surface area contributed by atoms with Crippen molar-refractivity contribution in [1.29, 1.82) is 0 Å². The molecule has 10 heteroatoms. The number of ether oxygens (including phenoxy) is 1. The van der Waals surface area contributed by atoms with Crippen LogP contribution in [0.15, 0.2) is 62.8 Å². The molecule has 0 bridgehead atoms. The first-order valence-electron chi connectivity index (χ1n) is 10.3. The van der Waals surface area contributed by atoms with Gasteiger partial charge in [0.2, 0.25) is 5.91 Å². The maximum Gasteiger partial charge on any atom is 0.338 e. The van der Waals surface area contributed by atoms with Crippen molar-refractivity contribution in [1.82, 2.24) is 9.13 Å². The molecule has 1 amide bonds. The van der Waals surface area contributed by atoms with Gasteiger partial charge in [-0.1, -0.05) is 6.07 Å². The van der Waals surface area contributed by atoms with Crippen LogP contribution in [0, 0.1) is 0 Å². The Hall–Kier alpha value is -3.50. The van der Waals surface area contributed by atoms with E-state index in [9.17, 15) is 19.2 Å². The highest BCUT2D eigenvalue weighted by Gasteiger charge is 2.17. The number of rotatable bonds is 8. The Morgan fingerprint density at radius 3 is 2.48 bits per heavy atom. The van der Waals surface area contributed by atoms with Gasteiger partial charge in [0.15, 0.2) is 0 Å². The molecule has 4 rings (SSSR count). The molecule has 33 heavy (non-hydrogen) atoms. The zero-order valence-electron chi connectivity index (χ0n) is 17.8. The van der Waals surface area contributed by atoms with E-state index in [0.29, 0.717) is 27.9 Å². The van der Waals surface area contributed by atoms with Gasteiger partial charge in [0, 0.05) is 17.1 Å². The van der Waals surface area contributed by atoms with Gasteiger partial charge in [-0.25, -0.2) is 9.59 Å². The van der Waals surface area contributed by atoms with E-state index in [2.05, 4.69) is 5.32 Å². The Bertz CT molecular complexity index is 1400. The third-order valence-electron chi connectivity index (χ3n) is 4.98. The van der Waals surface area contributed by atoms with Gasteiger partial charge in [0.05, 0.1) is 17.7 Å². The number of aryl methyl sites for hydroxylation is 1. The van der Waals surface area contributed by atoms with E-state index in [-0.39, 0.29) is 25.3 Å². The highest BCUT2D eigenvalue weighted by atomic mass is 32.1. The summed E-state index contributed by atoms with van der Waals surface area (Å²) in [5.74, 6) is -0.858. The number of fused-ring (bicyclic) bond motifs is 1. The summed E-state index contributed by atoms with van der Waals surface area (Å²) in [5.41, 5.74) is 0.441. The monoisotopic (exact) mass is 483 g/mol. The summed E-state index contributed by atoms with van der Waals surface area (Å²) in [6.07, 6.45) is 0.558. The van der Waals surface area contributed by atoms with Crippen LogP contribution in [0.3, 0.4) is 0 Å². The highest BCUT2D eigenvalue weighted by Crippen LogP contribution is 2.16. The fraction of sp³-hybridized carbons (Fsp3) is 0.217. The molecular weight excluding hydrogens is 462 g/mol. The van der Waals surface area contributed by atoms with Gasteiger partial charge in [0.25, 0.3) is 5.56 Å². The van der Waals surface area contributed by atoms with Crippen LogP contribution >= 0.6 is 22.7 Å². The van der Waals surface area contributed by atoms with Gasteiger partial charge in [-0.05, 0) is 60.5 Å². The number of carbonyl (C=O) groups is 2. The van der Waals surface area contributed by atoms with Gasteiger partial charge < -0.3 is 10.1 Å². The zero-order chi connectivity index (χ0) is 23.4. The van der Waals surface area contributed by atoms with E-state index >= 15 is 0 Å². The van der Waals surface area contributed by atoms with Crippen LogP contribution < -0.4 is 16.6 Å². The Morgan fingerprint density at radius 1 is 1.00 bits per heavy atom. The van der Waals surface area contributed by atoms with Crippen molar-refractivity contribution in [3.05, 3.63) is 84.5 Å². The zero-order valence-corrected chi connectivity index (χ0v) is 19.4. The van der Waals surface area contributed by atoms with Crippen LogP contribution in [0.25, 0.3) is 10.2 Å². The number of hydrogen-bond donors (Lipinski definition) is 1. The minimum Gasteiger partial charge on any atom is -0.462 e. The second kappa shape index (κ2) is 9.97. The number of nitrogens with zero attached hydrogens (tertiary/aromatic N) is 2. The summed E-state index contributed by atoms with van der Waals surface area (Å²) < 4.78 is 7.90. The second-order valence-corrected chi connectivity index (χ2v) is 9.08. The molecule has 0 atom stereocenters. The smallest absolute Gasteiger partial charge is 0.338 e. The quantitative estimate of drug-likeness (QED) is 0.388. The van der Waals surface area contributed by atoms with Crippen molar-refractivity contribution in [2.24, 2.45) is 0 Å². The standard InChI is InChI=1S/C23H21N3O5S2/c1-2-31-22(29)15-5-7-16(8-6-15)24-19(27)14-26-18-10-13-33-20(18)21(28)25(23(26)30)11-9-17-4-3-12-32-17/h3-8,10,12-13H,2,9,11,14H2,1H3,(H,24,27). The van der Waals surface area contributed by atoms with E-state index in [4.69, 9.17) is 4.74 Å². The number of esters is 1. The Labute approximate surface area is 196 Å². The minimum absolute atomic E-state index is 0.239. The lowest BCUT2D eigenvalue weighted by Gasteiger charge is -2.12. The van der Waals surface area contributed by atoms with Gasteiger partial charge in [0.1, 0.15) is 11.2 Å². The average molecular weight is 484 g/mol. The lowest BCUT2D eigenvalue weighted by Crippen LogP contribution is -2.41. The molecular formula is C23H21N3O5S2. The van der Waals surface area contributed by atoms with Crippen molar-refractivity contribution in [2.75, 3.05) is 11.9 Å².